The SMILES string of the molecule is CCCCC(CC)CC(S)(C(=O)O)C(C)(c1ccccc1)C(S)(CC(CC)CCCC)C(=O)O. The van der Waals surface area contributed by atoms with Gasteiger partial charge in [0.25, 0.3) is 0 Å². The van der Waals surface area contributed by atoms with E-state index in [1.807, 2.05) is 30.3 Å². The van der Waals surface area contributed by atoms with Crippen molar-refractivity contribution in [3.8, 4) is 0 Å². The molecule has 0 saturated heterocycles. The molecule has 0 aliphatic rings. The van der Waals surface area contributed by atoms with Crippen LogP contribution in [0.1, 0.15) is 104 Å². The zero-order valence-corrected chi connectivity index (χ0v) is 23.5. The molecule has 0 aromatic heterocycles. The summed E-state index contributed by atoms with van der Waals surface area (Å²) in [5, 5.41) is 21.3. The summed E-state index contributed by atoms with van der Waals surface area (Å²) < 4.78 is -3.24. The molecular formula is C28H46O4S2. The first kappa shape index (κ1) is 30.9. The van der Waals surface area contributed by atoms with Crippen molar-refractivity contribution in [2.45, 2.75) is 114 Å². The molecule has 1 aromatic carbocycles. The predicted octanol–water partition coefficient (Wildman–Crippen LogP) is 7.66. The van der Waals surface area contributed by atoms with Crippen molar-refractivity contribution in [3.05, 3.63) is 35.9 Å². The monoisotopic (exact) mass is 510 g/mol. The molecule has 4 unspecified atom stereocenters. The second kappa shape index (κ2) is 13.8. The van der Waals surface area contributed by atoms with E-state index >= 15 is 0 Å². The highest BCUT2D eigenvalue weighted by Crippen LogP contribution is 2.56. The number of carboxylic acids is 2. The maximum Gasteiger partial charge on any atom is 0.320 e. The van der Waals surface area contributed by atoms with Gasteiger partial charge in [-0.1, -0.05) is 116 Å². The molecule has 2 N–H and O–H groups in total. The second-order valence-corrected chi connectivity index (χ2v) is 11.6. The Morgan fingerprint density at radius 2 is 1.18 bits per heavy atom. The van der Waals surface area contributed by atoms with Crippen LogP contribution in [-0.4, -0.2) is 31.6 Å². The molecule has 0 radical (unpaired) electrons. The molecule has 0 aliphatic heterocycles. The molecule has 0 bridgehead atoms. The Morgan fingerprint density at radius 3 is 1.47 bits per heavy atom. The van der Waals surface area contributed by atoms with Gasteiger partial charge in [0.2, 0.25) is 0 Å². The van der Waals surface area contributed by atoms with Crippen LogP contribution < -0.4 is 0 Å². The van der Waals surface area contributed by atoms with Gasteiger partial charge in [0, 0.05) is 5.41 Å². The van der Waals surface area contributed by atoms with Gasteiger partial charge in [0.05, 0.1) is 0 Å². The molecule has 0 spiro atoms. The number of carboxylic acid groups (broad SMARTS) is 2. The number of rotatable bonds is 17. The van der Waals surface area contributed by atoms with E-state index in [0.29, 0.717) is 5.56 Å². The van der Waals surface area contributed by atoms with Crippen LogP contribution in [0.4, 0.5) is 0 Å². The molecular weight excluding hydrogens is 464 g/mol. The summed E-state index contributed by atoms with van der Waals surface area (Å²) in [7, 11) is 0. The average Bonchev–Trinajstić information content (AvgIpc) is 2.83. The van der Waals surface area contributed by atoms with E-state index in [4.69, 9.17) is 25.3 Å². The highest BCUT2D eigenvalue weighted by atomic mass is 32.1. The quantitative estimate of drug-likeness (QED) is 0.162. The Morgan fingerprint density at radius 1 is 0.794 bits per heavy atom. The van der Waals surface area contributed by atoms with Crippen LogP contribution in [-0.2, 0) is 15.0 Å². The largest absolute Gasteiger partial charge is 0.480 e. The Bertz CT molecular complexity index is 727. The number of benzene rings is 1. The maximum absolute atomic E-state index is 13.1. The Balaban J connectivity index is 3.80. The highest BCUT2D eigenvalue weighted by molar-refractivity contribution is 7.84. The molecule has 0 amide bonds. The zero-order valence-electron chi connectivity index (χ0n) is 21.7. The lowest BCUT2D eigenvalue weighted by Gasteiger charge is -2.53. The van der Waals surface area contributed by atoms with Crippen LogP contribution in [0.2, 0.25) is 0 Å². The second-order valence-electron chi connectivity index (χ2n) is 10.1. The third-order valence-corrected chi connectivity index (χ3v) is 9.61. The minimum Gasteiger partial charge on any atom is -0.480 e. The van der Waals surface area contributed by atoms with Crippen LogP contribution in [0.3, 0.4) is 0 Å². The summed E-state index contributed by atoms with van der Waals surface area (Å²) in [5.41, 5.74) is -0.717. The fourth-order valence-corrected chi connectivity index (χ4v) is 6.57. The fraction of sp³-hybridized carbons (Fsp3) is 0.714. The van der Waals surface area contributed by atoms with Crippen LogP contribution in [0.15, 0.2) is 30.3 Å². The molecule has 4 atom stereocenters. The summed E-state index contributed by atoms with van der Waals surface area (Å²) in [6, 6.07) is 9.20. The van der Waals surface area contributed by atoms with E-state index in [9.17, 15) is 19.8 Å². The van der Waals surface area contributed by atoms with E-state index in [1.54, 1.807) is 6.92 Å². The fourth-order valence-electron chi connectivity index (χ4n) is 5.32. The smallest absolute Gasteiger partial charge is 0.320 e. The van der Waals surface area contributed by atoms with Crippen LogP contribution in [0.25, 0.3) is 0 Å². The van der Waals surface area contributed by atoms with Crippen LogP contribution >= 0.6 is 25.3 Å². The van der Waals surface area contributed by atoms with Crippen molar-refractivity contribution in [1.29, 1.82) is 0 Å². The van der Waals surface area contributed by atoms with Gasteiger partial charge < -0.3 is 10.2 Å². The lowest BCUT2D eigenvalue weighted by Crippen LogP contribution is -2.65. The number of carbonyl (C=O) groups is 2. The number of thiol groups is 2. The van der Waals surface area contributed by atoms with Crippen molar-refractivity contribution in [1.82, 2.24) is 0 Å². The number of hydrogen-bond donors (Lipinski definition) is 4. The summed E-state index contributed by atoms with van der Waals surface area (Å²) in [6.45, 7) is 10.1. The lowest BCUT2D eigenvalue weighted by atomic mass is 9.58. The molecule has 0 saturated carbocycles. The van der Waals surface area contributed by atoms with Gasteiger partial charge in [-0.25, -0.2) is 0 Å². The van der Waals surface area contributed by atoms with Gasteiger partial charge >= 0.3 is 11.9 Å². The van der Waals surface area contributed by atoms with E-state index < -0.39 is 26.8 Å². The molecule has 1 rings (SSSR count). The van der Waals surface area contributed by atoms with Gasteiger partial charge in [-0.3, -0.25) is 9.59 Å². The molecule has 0 heterocycles. The minimum absolute atomic E-state index is 0.130. The predicted molar refractivity (Wildman–Crippen MR) is 148 cm³/mol. The lowest BCUT2D eigenvalue weighted by molar-refractivity contribution is -0.148. The zero-order chi connectivity index (χ0) is 26.0. The van der Waals surface area contributed by atoms with Crippen molar-refractivity contribution in [2.75, 3.05) is 0 Å². The van der Waals surface area contributed by atoms with E-state index in [-0.39, 0.29) is 24.7 Å². The maximum atomic E-state index is 13.1. The molecule has 4 nitrogen and oxygen atoms in total. The van der Waals surface area contributed by atoms with Crippen molar-refractivity contribution < 1.29 is 19.8 Å². The van der Waals surface area contributed by atoms with E-state index in [0.717, 1.165) is 51.4 Å². The molecule has 0 aliphatic carbocycles. The molecule has 194 valence electrons. The first-order valence-corrected chi connectivity index (χ1v) is 13.8. The standard InChI is InChI=1S/C28H46O4S2/c1-6-10-15-21(8-3)19-27(33,24(29)30)26(5,23-17-13-12-14-18-23)28(34,25(31)32)20-22(9-4)16-11-7-2/h12-14,17-18,21-22,33-34H,6-11,15-16,19-20H2,1-5H3,(H,29,30)(H,31,32). The van der Waals surface area contributed by atoms with E-state index in [1.165, 1.54) is 0 Å². The van der Waals surface area contributed by atoms with Crippen molar-refractivity contribution >= 4 is 37.2 Å². The number of aliphatic carboxylic acids is 2. The Hall–Kier alpha value is -1.14. The van der Waals surface area contributed by atoms with Gasteiger partial charge in [-0.2, -0.15) is 25.3 Å². The Kier molecular flexibility index (Phi) is 12.6. The average molecular weight is 511 g/mol. The number of unbranched alkanes of at least 4 members (excludes halogenated alkanes) is 2. The third-order valence-electron chi connectivity index (χ3n) is 7.97. The van der Waals surface area contributed by atoms with Crippen LogP contribution in [0.5, 0.6) is 0 Å². The van der Waals surface area contributed by atoms with Crippen molar-refractivity contribution in [2.24, 2.45) is 11.8 Å². The molecule has 0 fully saturated rings. The molecule has 1 aromatic rings. The van der Waals surface area contributed by atoms with E-state index in [2.05, 4.69) is 27.7 Å². The highest BCUT2D eigenvalue weighted by Gasteiger charge is 2.65. The summed E-state index contributed by atoms with van der Waals surface area (Å²) in [5.74, 6) is -1.91. The van der Waals surface area contributed by atoms with Crippen LogP contribution in [0, 0.1) is 11.8 Å². The normalized spacial score (nSPS) is 18.8. The topological polar surface area (TPSA) is 74.6 Å². The Labute approximate surface area is 218 Å². The van der Waals surface area contributed by atoms with Crippen molar-refractivity contribution in [3.63, 3.8) is 0 Å². The number of hydrogen-bond acceptors (Lipinski definition) is 4. The van der Waals surface area contributed by atoms with Gasteiger partial charge in [-0.15, -0.1) is 0 Å². The van der Waals surface area contributed by atoms with Gasteiger partial charge in [0.1, 0.15) is 9.49 Å². The van der Waals surface area contributed by atoms with Gasteiger partial charge in [-0.05, 0) is 30.2 Å². The minimum atomic E-state index is -1.62. The molecule has 34 heavy (non-hydrogen) atoms. The summed E-state index contributed by atoms with van der Waals surface area (Å²) >= 11 is 9.84. The first-order chi connectivity index (χ1) is 16.0. The summed E-state index contributed by atoms with van der Waals surface area (Å²) in [4.78, 5) is 26.1. The molecule has 6 heteroatoms. The third kappa shape index (κ3) is 6.54. The summed E-state index contributed by atoms with van der Waals surface area (Å²) in [6.07, 6.45) is 8.07. The van der Waals surface area contributed by atoms with Gasteiger partial charge in [0.15, 0.2) is 0 Å². The first-order valence-electron chi connectivity index (χ1n) is 12.9.